The maximum Gasteiger partial charge on any atom is 0.240 e. The van der Waals surface area contributed by atoms with E-state index >= 15 is 0 Å². The average molecular weight is 313 g/mol. The summed E-state index contributed by atoms with van der Waals surface area (Å²) in [6, 6.07) is 5.20. The number of benzene rings is 1. The molecule has 1 atom stereocenters. The molecular formula is C14H16FNO4S. The molecule has 0 fully saturated rings. The molecule has 1 unspecified atom stereocenters. The Kier molecular flexibility index (Phi) is 4.76. The number of hydrogen-bond donors (Lipinski definition) is 2. The highest BCUT2D eigenvalue weighted by Crippen LogP contribution is 2.17. The topological polar surface area (TPSA) is 79.5 Å². The molecule has 2 rings (SSSR count). The van der Waals surface area contributed by atoms with Crippen LogP contribution in [0.3, 0.4) is 0 Å². The second-order valence-electron chi connectivity index (χ2n) is 4.67. The van der Waals surface area contributed by atoms with E-state index in [-0.39, 0.29) is 23.4 Å². The minimum absolute atomic E-state index is 0.000740. The number of aliphatic hydroxyl groups excluding tert-OH is 1. The summed E-state index contributed by atoms with van der Waals surface area (Å²) in [5.41, 5.74) is 0.850. The van der Waals surface area contributed by atoms with Gasteiger partial charge < -0.3 is 9.52 Å². The Hall–Kier alpha value is -1.70. The van der Waals surface area contributed by atoms with Crippen molar-refractivity contribution in [1.29, 1.82) is 0 Å². The van der Waals surface area contributed by atoms with Crippen molar-refractivity contribution >= 4 is 10.0 Å². The molecule has 0 saturated heterocycles. The van der Waals surface area contributed by atoms with Gasteiger partial charge in [0.15, 0.2) is 0 Å². The quantitative estimate of drug-likeness (QED) is 0.856. The van der Waals surface area contributed by atoms with E-state index in [0.29, 0.717) is 5.56 Å². The molecule has 0 aliphatic heterocycles. The van der Waals surface area contributed by atoms with Gasteiger partial charge in [0.25, 0.3) is 0 Å². The largest absolute Gasteiger partial charge is 0.472 e. The molecule has 1 aromatic carbocycles. The zero-order valence-electron chi connectivity index (χ0n) is 11.4. The zero-order chi connectivity index (χ0) is 15.5. The molecular weight excluding hydrogens is 297 g/mol. The molecule has 0 radical (unpaired) electrons. The maximum absolute atomic E-state index is 13.1. The highest BCUT2D eigenvalue weighted by atomic mass is 32.2. The first-order valence-electron chi connectivity index (χ1n) is 6.36. The number of sulfonamides is 1. The molecule has 114 valence electrons. The Morgan fingerprint density at radius 1 is 1.38 bits per heavy atom. The smallest absolute Gasteiger partial charge is 0.240 e. The van der Waals surface area contributed by atoms with Crippen molar-refractivity contribution in [2.75, 3.05) is 6.54 Å². The van der Waals surface area contributed by atoms with E-state index < -0.39 is 21.9 Å². The van der Waals surface area contributed by atoms with Crippen LogP contribution in [0.25, 0.3) is 0 Å². The summed E-state index contributed by atoms with van der Waals surface area (Å²) in [5.74, 6) is -0.454. The Bertz CT molecular complexity index is 698. The van der Waals surface area contributed by atoms with Gasteiger partial charge in [0.2, 0.25) is 10.0 Å². The van der Waals surface area contributed by atoms with Crippen LogP contribution in [0.5, 0.6) is 0 Å². The van der Waals surface area contributed by atoms with Crippen LogP contribution in [-0.4, -0.2) is 20.1 Å². The van der Waals surface area contributed by atoms with Crippen molar-refractivity contribution in [2.45, 2.75) is 24.3 Å². The van der Waals surface area contributed by atoms with Gasteiger partial charge in [-0.3, -0.25) is 0 Å². The lowest BCUT2D eigenvalue weighted by atomic mass is 10.1. The lowest BCUT2D eigenvalue weighted by Gasteiger charge is -2.10. The summed E-state index contributed by atoms with van der Waals surface area (Å²) >= 11 is 0. The van der Waals surface area contributed by atoms with Gasteiger partial charge in [0, 0.05) is 12.1 Å². The molecule has 2 aromatic rings. The second-order valence-corrected chi connectivity index (χ2v) is 6.44. The molecule has 5 nitrogen and oxygen atoms in total. The van der Waals surface area contributed by atoms with Crippen molar-refractivity contribution < 1.29 is 22.3 Å². The molecule has 0 bridgehead atoms. The fourth-order valence-corrected chi connectivity index (χ4v) is 2.96. The van der Waals surface area contributed by atoms with Crippen LogP contribution in [0.15, 0.2) is 46.1 Å². The Morgan fingerprint density at radius 2 is 2.14 bits per heavy atom. The van der Waals surface area contributed by atoms with Crippen LogP contribution in [0.1, 0.15) is 23.7 Å². The van der Waals surface area contributed by atoms with E-state index in [1.165, 1.54) is 31.6 Å². The normalized spacial score (nSPS) is 13.3. The average Bonchev–Trinajstić information content (AvgIpc) is 2.95. The van der Waals surface area contributed by atoms with Crippen molar-refractivity contribution in [3.8, 4) is 0 Å². The van der Waals surface area contributed by atoms with Crippen LogP contribution in [0, 0.1) is 12.7 Å². The second kappa shape index (κ2) is 6.38. The molecule has 0 spiro atoms. The summed E-state index contributed by atoms with van der Waals surface area (Å²) in [7, 11) is -3.72. The zero-order valence-corrected chi connectivity index (χ0v) is 12.2. The van der Waals surface area contributed by atoms with Gasteiger partial charge in [-0.15, -0.1) is 0 Å². The minimum Gasteiger partial charge on any atom is -0.472 e. The molecule has 0 saturated carbocycles. The van der Waals surface area contributed by atoms with Crippen LogP contribution >= 0.6 is 0 Å². The number of aliphatic hydroxyl groups is 1. The summed E-state index contributed by atoms with van der Waals surface area (Å²) in [6.07, 6.45) is 2.24. The molecule has 0 aliphatic carbocycles. The Morgan fingerprint density at radius 3 is 2.76 bits per heavy atom. The number of nitrogens with one attached hydrogen (secondary N) is 1. The SMILES string of the molecule is Cc1cc(S(=O)(=O)NCCC(O)c2ccoc2)ccc1F. The summed E-state index contributed by atoms with van der Waals surface area (Å²) in [4.78, 5) is -0.000740. The fourth-order valence-electron chi connectivity index (χ4n) is 1.83. The summed E-state index contributed by atoms with van der Waals surface area (Å²) < 4.78 is 44.4. The van der Waals surface area contributed by atoms with Crippen LogP contribution in [0.2, 0.25) is 0 Å². The van der Waals surface area contributed by atoms with Crippen molar-refractivity contribution in [3.05, 3.63) is 53.7 Å². The highest BCUT2D eigenvalue weighted by molar-refractivity contribution is 7.89. The third kappa shape index (κ3) is 3.90. The van der Waals surface area contributed by atoms with E-state index in [1.807, 2.05) is 0 Å². The third-order valence-corrected chi connectivity index (χ3v) is 4.54. The van der Waals surface area contributed by atoms with Crippen molar-refractivity contribution in [1.82, 2.24) is 4.72 Å². The van der Waals surface area contributed by atoms with Gasteiger partial charge in [-0.05, 0) is 43.2 Å². The predicted octanol–water partition coefficient (Wildman–Crippen LogP) is 2.13. The number of furan rings is 1. The first-order valence-corrected chi connectivity index (χ1v) is 7.84. The van der Waals surface area contributed by atoms with Crippen molar-refractivity contribution in [3.63, 3.8) is 0 Å². The van der Waals surface area contributed by atoms with Gasteiger partial charge in [-0.2, -0.15) is 0 Å². The van der Waals surface area contributed by atoms with Crippen molar-refractivity contribution in [2.24, 2.45) is 0 Å². The standard InChI is InChI=1S/C14H16FNO4S/c1-10-8-12(2-3-13(10)15)21(18,19)16-6-4-14(17)11-5-7-20-9-11/h2-3,5,7-9,14,16-17H,4,6H2,1H3. The number of hydrogen-bond acceptors (Lipinski definition) is 4. The van der Waals surface area contributed by atoms with Gasteiger partial charge in [-0.1, -0.05) is 0 Å². The first kappa shape index (κ1) is 15.7. The summed E-state index contributed by atoms with van der Waals surface area (Å²) in [5, 5.41) is 9.81. The lowest BCUT2D eigenvalue weighted by Crippen LogP contribution is -2.26. The Balaban J connectivity index is 1.96. The van der Waals surface area contributed by atoms with Crippen LogP contribution < -0.4 is 4.72 Å². The molecule has 2 N–H and O–H groups in total. The van der Waals surface area contributed by atoms with E-state index in [9.17, 15) is 17.9 Å². The molecule has 0 aliphatic rings. The van der Waals surface area contributed by atoms with Gasteiger partial charge in [0.05, 0.1) is 23.5 Å². The van der Waals surface area contributed by atoms with Crippen LogP contribution in [0.4, 0.5) is 4.39 Å². The minimum atomic E-state index is -3.72. The molecule has 7 heteroatoms. The van der Waals surface area contributed by atoms with E-state index in [0.717, 1.165) is 6.07 Å². The van der Waals surface area contributed by atoms with E-state index in [2.05, 4.69) is 4.72 Å². The maximum atomic E-state index is 13.1. The first-order chi connectivity index (χ1) is 9.90. The van der Waals surface area contributed by atoms with E-state index in [4.69, 9.17) is 4.42 Å². The number of halogens is 1. The molecule has 0 amide bonds. The third-order valence-electron chi connectivity index (χ3n) is 3.08. The molecule has 21 heavy (non-hydrogen) atoms. The van der Waals surface area contributed by atoms with Crippen LogP contribution in [-0.2, 0) is 10.0 Å². The van der Waals surface area contributed by atoms with Gasteiger partial charge >= 0.3 is 0 Å². The lowest BCUT2D eigenvalue weighted by molar-refractivity contribution is 0.168. The highest BCUT2D eigenvalue weighted by Gasteiger charge is 2.16. The van der Waals surface area contributed by atoms with E-state index in [1.54, 1.807) is 6.07 Å². The van der Waals surface area contributed by atoms with Gasteiger partial charge in [0.1, 0.15) is 5.82 Å². The molecule has 1 heterocycles. The predicted molar refractivity (Wildman–Crippen MR) is 74.6 cm³/mol. The number of rotatable bonds is 6. The number of aryl methyl sites for hydroxylation is 1. The fraction of sp³-hybridized carbons (Fsp3) is 0.286. The Labute approximate surface area is 122 Å². The summed E-state index contributed by atoms with van der Waals surface area (Å²) in [6.45, 7) is 1.56. The monoisotopic (exact) mass is 313 g/mol. The van der Waals surface area contributed by atoms with Gasteiger partial charge in [-0.25, -0.2) is 17.5 Å². The molecule has 1 aromatic heterocycles.